The number of carbonyl (C=O) groups excluding carboxylic acids is 2. The lowest BCUT2D eigenvalue weighted by Gasteiger charge is -2.37. The molecule has 3 aliphatic rings. The summed E-state index contributed by atoms with van der Waals surface area (Å²) in [5.74, 6) is 1.51. The first-order valence-corrected chi connectivity index (χ1v) is 12.2. The number of aromatic hydroxyl groups is 1. The van der Waals surface area contributed by atoms with Gasteiger partial charge in [-0.05, 0) is 67.0 Å². The predicted molar refractivity (Wildman–Crippen MR) is 129 cm³/mol. The Kier molecular flexibility index (Phi) is 6.17. The number of Topliss-reactive ketones (excluding diaryl/α,β-unsaturated/α-hetero) is 1. The van der Waals surface area contributed by atoms with Crippen molar-refractivity contribution in [1.29, 1.82) is 0 Å². The third-order valence-electron chi connectivity index (χ3n) is 7.48. The van der Waals surface area contributed by atoms with Crippen molar-refractivity contribution in [2.75, 3.05) is 20.8 Å². The van der Waals surface area contributed by atoms with Crippen molar-refractivity contribution in [3.63, 3.8) is 0 Å². The maximum absolute atomic E-state index is 13.8. The Labute approximate surface area is 205 Å². The molecule has 2 aliphatic heterocycles. The summed E-state index contributed by atoms with van der Waals surface area (Å²) in [6.07, 6.45) is 2.86. The normalized spacial score (nSPS) is 25.7. The average Bonchev–Trinajstić information content (AvgIpc) is 3.14. The summed E-state index contributed by atoms with van der Waals surface area (Å²) < 4.78 is 17.0. The number of fused-ring (bicyclic) bond motifs is 1. The smallest absolute Gasteiger partial charge is 0.290 e. The summed E-state index contributed by atoms with van der Waals surface area (Å²) in [6, 6.07) is 11.9. The quantitative estimate of drug-likeness (QED) is 0.672. The van der Waals surface area contributed by atoms with E-state index in [9.17, 15) is 14.7 Å². The van der Waals surface area contributed by atoms with E-state index in [1.54, 1.807) is 37.3 Å². The summed E-state index contributed by atoms with van der Waals surface area (Å²) in [5.41, 5.74) is 2.11. The fraction of sp³-hybridized carbons (Fsp3) is 0.429. The number of ketones is 1. The fourth-order valence-corrected chi connectivity index (χ4v) is 5.68. The Morgan fingerprint density at radius 1 is 1.06 bits per heavy atom. The van der Waals surface area contributed by atoms with Gasteiger partial charge in [-0.1, -0.05) is 25.1 Å². The van der Waals surface area contributed by atoms with E-state index in [1.807, 2.05) is 24.3 Å². The molecule has 2 aromatic carbocycles. The molecule has 0 radical (unpaired) electrons. The van der Waals surface area contributed by atoms with Gasteiger partial charge in [0.05, 0.1) is 31.8 Å². The average molecular weight is 478 g/mol. The van der Waals surface area contributed by atoms with Gasteiger partial charge >= 0.3 is 0 Å². The van der Waals surface area contributed by atoms with E-state index in [2.05, 4.69) is 6.92 Å². The lowest BCUT2D eigenvalue weighted by molar-refractivity contribution is -0.136. The number of phenols is 1. The van der Waals surface area contributed by atoms with Crippen molar-refractivity contribution in [2.24, 2.45) is 11.8 Å². The zero-order chi connectivity index (χ0) is 24.7. The van der Waals surface area contributed by atoms with E-state index >= 15 is 0 Å². The Hall–Kier alpha value is -3.48. The molecule has 35 heavy (non-hydrogen) atoms. The summed E-state index contributed by atoms with van der Waals surface area (Å²) in [4.78, 5) is 29.1. The minimum absolute atomic E-state index is 0.0121. The molecule has 7 nitrogen and oxygen atoms in total. The zero-order valence-corrected chi connectivity index (χ0v) is 20.3. The third-order valence-corrected chi connectivity index (χ3v) is 7.48. The lowest BCUT2D eigenvalue weighted by atomic mass is 9.74. The first kappa shape index (κ1) is 23.3. The van der Waals surface area contributed by atoms with Crippen LogP contribution >= 0.6 is 0 Å². The van der Waals surface area contributed by atoms with Gasteiger partial charge in [-0.2, -0.15) is 0 Å². The van der Waals surface area contributed by atoms with Crippen LogP contribution in [0.5, 0.6) is 17.2 Å². The van der Waals surface area contributed by atoms with Gasteiger partial charge < -0.3 is 24.2 Å². The van der Waals surface area contributed by atoms with E-state index in [1.165, 1.54) is 0 Å². The number of rotatable bonds is 6. The molecule has 0 aromatic heterocycles. The second-order valence-corrected chi connectivity index (χ2v) is 9.72. The molecule has 7 heteroatoms. The SMILES string of the molecule is COc1ccc(CCN2C(=O)C3=C(C(=O)C4CC(C)CCC4O3)C2c2cccc(O)c2)cc1OC. The molecular formula is C28H31NO6. The summed E-state index contributed by atoms with van der Waals surface area (Å²) >= 11 is 0. The Balaban J connectivity index is 1.48. The molecule has 4 unspecified atom stereocenters. The van der Waals surface area contributed by atoms with Crippen molar-refractivity contribution in [3.8, 4) is 17.2 Å². The van der Waals surface area contributed by atoms with Crippen LogP contribution in [-0.4, -0.2) is 48.6 Å². The molecule has 1 amide bonds. The van der Waals surface area contributed by atoms with Crippen molar-refractivity contribution >= 4 is 11.7 Å². The van der Waals surface area contributed by atoms with E-state index in [4.69, 9.17) is 14.2 Å². The maximum Gasteiger partial charge on any atom is 0.290 e. The van der Waals surface area contributed by atoms with Crippen molar-refractivity contribution < 1.29 is 28.9 Å². The fourth-order valence-electron chi connectivity index (χ4n) is 5.68. The van der Waals surface area contributed by atoms with Gasteiger partial charge in [0.15, 0.2) is 23.0 Å². The number of benzene rings is 2. The molecule has 2 heterocycles. The first-order chi connectivity index (χ1) is 16.9. The largest absolute Gasteiger partial charge is 0.508 e. The minimum atomic E-state index is -0.588. The van der Waals surface area contributed by atoms with Crippen LogP contribution in [0.15, 0.2) is 53.8 Å². The molecule has 184 valence electrons. The molecule has 1 fully saturated rings. The van der Waals surface area contributed by atoms with Gasteiger partial charge in [-0.15, -0.1) is 0 Å². The van der Waals surface area contributed by atoms with Gasteiger partial charge in [0, 0.05) is 6.54 Å². The predicted octanol–water partition coefficient (Wildman–Crippen LogP) is 4.19. The lowest BCUT2D eigenvalue weighted by Crippen LogP contribution is -2.41. The number of methoxy groups -OCH3 is 2. The van der Waals surface area contributed by atoms with Crippen LogP contribution in [0.2, 0.25) is 0 Å². The van der Waals surface area contributed by atoms with Gasteiger partial charge in [0.1, 0.15) is 11.9 Å². The highest BCUT2D eigenvalue weighted by molar-refractivity contribution is 6.11. The molecule has 0 bridgehead atoms. The molecule has 2 aromatic rings. The highest BCUT2D eigenvalue weighted by atomic mass is 16.5. The van der Waals surface area contributed by atoms with Crippen LogP contribution in [0, 0.1) is 11.8 Å². The minimum Gasteiger partial charge on any atom is -0.508 e. The monoisotopic (exact) mass is 477 g/mol. The number of nitrogens with zero attached hydrogens (tertiary/aromatic N) is 1. The first-order valence-electron chi connectivity index (χ1n) is 12.2. The maximum atomic E-state index is 13.8. The van der Waals surface area contributed by atoms with Gasteiger partial charge in [-0.3, -0.25) is 9.59 Å². The van der Waals surface area contributed by atoms with Crippen molar-refractivity contribution in [2.45, 2.75) is 44.8 Å². The van der Waals surface area contributed by atoms with Crippen LogP contribution in [0.25, 0.3) is 0 Å². The second-order valence-electron chi connectivity index (χ2n) is 9.72. The van der Waals surface area contributed by atoms with E-state index in [-0.39, 0.29) is 35.2 Å². The Bertz CT molecular complexity index is 1190. The molecule has 5 rings (SSSR count). The number of ether oxygens (including phenoxy) is 3. The third kappa shape index (κ3) is 4.13. The van der Waals surface area contributed by atoms with Crippen LogP contribution < -0.4 is 9.47 Å². The van der Waals surface area contributed by atoms with Gasteiger partial charge in [0.25, 0.3) is 5.91 Å². The van der Waals surface area contributed by atoms with Crippen LogP contribution in [0.3, 0.4) is 0 Å². The topological polar surface area (TPSA) is 85.3 Å². The highest BCUT2D eigenvalue weighted by Crippen LogP contribution is 2.47. The number of hydrogen-bond acceptors (Lipinski definition) is 6. The van der Waals surface area contributed by atoms with Gasteiger partial charge in [0.2, 0.25) is 0 Å². The summed E-state index contributed by atoms with van der Waals surface area (Å²) in [5, 5.41) is 10.2. The van der Waals surface area contributed by atoms with Crippen LogP contribution in [-0.2, 0) is 20.7 Å². The number of hydrogen-bond donors (Lipinski definition) is 1. The van der Waals surface area contributed by atoms with E-state index < -0.39 is 6.04 Å². The summed E-state index contributed by atoms with van der Waals surface area (Å²) in [7, 11) is 3.18. The molecule has 0 spiro atoms. The standard InChI is InChI=1S/C28H31NO6/c1-16-7-9-21-20(13-16)26(31)24-25(18-5-4-6-19(30)15-18)29(28(32)27(24)35-21)12-11-17-8-10-22(33-2)23(14-17)34-3/h4-6,8,10,14-16,20-21,25,30H,7,9,11-13H2,1-3H3. The number of phenolic OH excluding ortho intramolecular Hbond substituents is 1. The van der Waals surface area contributed by atoms with Crippen LogP contribution in [0.1, 0.15) is 43.4 Å². The molecule has 1 N–H and O–H groups in total. The molecule has 4 atom stereocenters. The molecule has 0 saturated heterocycles. The zero-order valence-electron chi connectivity index (χ0n) is 20.3. The summed E-state index contributed by atoms with van der Waals surface area (Å²) in [6.45, 7) is 2.54. The van der Waals surface area contributed by atoms with Crippen LogP contribution in [0.4, 0.5) is 0 Å². The second kappa shape index (κ2) is 9.29. The number of carbonyl (C=O) groups is 2. The van der Waals surface area contributed by atoms with E-state index in [0.717, 1.165) is 24.8 Å². The Morgan fingerprint density at radius 2 is 1.86 bits per heavy atom. The Morgan fingerprint density at radius 3 is 2.60 bits per heavy atom. The molecular weight excluding hydrogens is 446 g/mol. The van der Waals surface area contributed by atoms with Gasteiger partial charge in [-0.25, -0.2) is 0 Å². The van der Waals surface area contributed by atoms with Crippen molar-refractivity contribution in [3.05, 3.63) is 64.9 Å². The number of amides is 1. The molecule has 1 saturated carbocycles. The van der Waals surface area contributed by atoms with E-state index in [0.29, 0.717) is 41.5 Å². The van der Waals surface area contributed by atoms with Crippen molar-refractivity contribution in [1.82, 2.24) is 4.90 Å². The highest BCUT2D eigenvalue weighted by Gasteiger charge is 2.52. The molecule has 1 aliphatic carbocycles.